The molecule has 0 atom stereocenters. The SMILES string of the molecule is C1=CC2=C(C1)Cc1n[nH]c3nc[nH][nH]c=3c3c1=C2CC=3. The fraction of sp³-hybridized carbons (Fsp3) is 0.200. The molecule has 0 radical (unpaired) electrons. The Morgan fingerprint density at radius 1 is 1.20 bits per heavy atom. The van der Waals surface area contributed by atoms with Crippen LogP contribution in [0.15, 0.2) is 29.6 Å². The first-order valence-electron chi connectivity index (χ1n) is 6.86. The quantitative estimate of drug-likeness (QED) is 0.646. The summed E-state index contributed by atoms with van der Waals surface area (Å²) in [7, 11) is 0. The lowest BCUT2D eigenvalue weighted by Crippen LogP contribution is -2.31. The average Bonchev–Trinajstić information content (AvgIpc) is 3.07. The van der Waals surface area contributed by atoms with E-state index in [1.807, 2.05) is 0 Å². The number of rotatable bonds is 0. The van der Waals surface area contributed by atoms with Crippen LogP contribution in [-0.4, -0.2) is 25.4 Å². The van der Waals surface area contributed by atoms with Gasteiger partial charge in [-0.15, -0.1) is 0 Å². The third-order valence-electron chi connectivity index (χ3n) is 4.36. The Bertz CT molecular complexity index is 1020. The lowest BCUT2D eigenvalue weighted by molar-refractivity contribution is 0.843. The molecule has 5 nitrogen and oxygen atoms in total. The Balaban J connectivity index is 2.08. The van der Waals surface area contributed by atoms with Gasteiger partial charge in [-0.1, -0.05) is 23.8 Å². The Labute approximate surface area is 113 Å². The van der Waals surface area contributed by atoms with E-state index in [1.54, 1.807) is 6.33 Å². The van der Waals surface area contributed by atoms with Gasteiger partial charge in [0.2, 0.25) is 0 Å². The Kier molecular flexibility index (Phi) is 1.80. The van der Waals surface area contributed by atoms with E-state index < -0.39 is 0 Å². The molecule has 0 amide bonds. The number of fused-ring (bicyclic) bond motifs is 2. The minimum absolute atomic E-state index is 0.779. The number of nitrogens with one attached hydrogen (secondary N) is 3. The summed E-state index contributed by atoms with van der Waals surface area (Å²) in [6.45, 7) is 0. The van der Waals surface area contributed by atoms with Crippen molar-refractivity contribution in [2.75, 3.05) is 0 Å². The van der Waals surface area contributed by atoms with Gasteiger partial charge in [0.05, 0.1) is 5.69 Å². The second kappa shape index (κ2) is 3.50. The first kappa shape index (κ1) is 10.3. The smallest absolute Gasteiger partial charge is 0.173 e. The van der Waals surface area contributed by atoms with Crippen LogP contribution in [0.4, 0.5) is 0 Å². The highest BCUT2D eigenvalue weighted by molar-refractivity contribution is 5.79. The van der Waals surface area contributed by atoms with Crippen LogP contribution in [0.1, 0.15) is 18.5 Å². The molecule has 0 saturated carbocycles. The summed E-state index contributed by atoms with van der Waals surface area (Å²) in [5.41, 5.74) is 6.26. The monoisotopic (exact) mass is 263 g/mol. The molecule has 20 heavy (non-hydrogen) atoms. The molecule has 5 rings (SSSR count). The van der Waals surface area contributed by atoms with Crippen molar-refractivity contribution in [1.29, 1.82) is 0 Å². The van der Waals surface area contributed by atoms with Crippen molar-refractivity contribution in [3.05, 3.63) is 56.6 Å². The van der Waals surface area contributed by atoms with E-state index in [0.717, 1.165) is 35.8 Å². The number of aromatic amines is 3. The molecule has 2 heterocycles. The van der Waals surface area contributed by atoms with E-state index >= 15 is 0 Å². The van der Waals surface area contributed by atoms with Crippen LogP contribution in [-0.2, 0) is 6.42 Å². The predicted molar refractivity (Wildman–Crippen MR) is 74.2 cm³/mol. The van der Waals surface area contributed by atoms with Gasteiger partial charge in [-0.2, -0.15) is 5.10 Å². The van der Waals surface area contributed by atoms with Gasteiger partial charge in [0, 0.05) is 16.9 Å². The first-order chi connectivity index (χ1) is 9.92. The first-order valence-corrected chi connectivity index (χ1v) is 6.86. The molecule has 3 N–H and O–H groups in total. The Hall–Kier alpha value is -2.56. The van der Waals surface area contributed by atoms with Crippen molar-refractivity contribution < 1.29 is 0 Å². The molecule has 5 heteroatoms. The molecule has 0 aromatic heterocycles. The standard InChI is InChI=1S/C15H13N5/c1-2-8-6-12-13-10(9(8)3-1)4-5-11(13)14-15(20-18-12)16-7-17-19-14/h1,3,5,7,19-20H,2,4,6H2,(H,16,17). The summed E-state index contributed by atoms with van der Waals surface area (Å²) in [5, 5.41) is 17.3. The van der Waals surface area contributed by atoms with Crippen molar-refractivity contribution in [2.45, 2.75) is 19.3 Å². The lowest BCUT2D eigenvalue weighted by Gasteiger charge is -2.13. The molecular formula is C15H13N5. The van der Waals surface area contributed by atoms with E-state index in [4.69, 9.17) is 0 Å². The number of hydrogen-bond donors (Lipinski definition) is 3. The molecule has 98 valence electrons. The summed E-state index contributed by atoms with van der Waals surface area (Å²) in [6.07, 6.45) is 11.4. The van der Waals surface area contributed by atoms with Crippen molar-refractivity contribution in [3.8, 4) is 0 Å². The molecule has 0 unspecified atom stereocenters. The second-order valence-corrected chi connectivity index (χ2v) is 5.40. The maximum atomic E-state index is 4.60. The van der Waals surface area contributed by atoms with E-state index in [9.17, 15) is 0 Å². The van der Waals surface area contributed by atoms with Crippen molar-refractivity contribution >= 4 is 11.6 Å². The maximum Gasteiger partial charge on any atom is 0.173 e. The third-order valence-corrected chi connectivity index (χ3v) is 4.36. The zero-order valence-electron chi connectivity index (χ0n) is 10.8. The van der Waals surface area contributed by atoms with Crippen molar-refractivity contribution in [3.63, 3.8) is 0 Å². The normalized spacial score (nSPS) is 18.3. The van der Waals surface area contributed by atoms with Gasteiger partial charge in [0.25, 0.3) is 0 Å². The van der Waals surface area contributed by atoms with Crippen LogP contribution in [0, 0.1) is 10.8 Å². The van der Waals surface area contributed by atoms with E-state index in [1.165, 1.54) is 27.2 Å². The van der Waals surface area contributed by atoms with Crippen LogP contribution >= 0.6 is 0 Å². The van der Waals surface area contributed by atoms with Crippen molar-refractivity contribution in [1.82, 2.24) is 25.4 Å². The molecule has 0 aromatic carbocycles. The van der Waals surface area contributed by atoms with Gasteiger partial charge < -0.3 is 0 Å². The number of allylic oxidation sites excluding steroid dienone is 4. The molecule has 0 aromatic rings. The summed E-state index contributed by atoms with van der Waals surface area (Å²) >= 11 is 0. The van der Waals surface area contributed by atoms with Crippen LogP contribution in [0.3, 0.4) is 0 Å². The van der Waals surface area contributed by atoms with Gasteiger partial charge in [-0.25, -0.2) is 4.98 Å². The third kappa shape index (κ3) is 1.17. The molecule has 0 spiro atoms. The number of aromatic nitrogens is 5. The molecule has 0 saturated heterocycles. The molecule has 2 aliphatic heterocycles. The second-order valence-electron chi connectivity index (χ2n) is 5.40. The summed E-state index contributed by atoms with van der Waals surface area (Å²) in [4.78, 5) is 4.33. The highest BCUT2D eigenvalue weighted by Gasteiger charge is 2.23. The van der Waals surface area contributed by atoms with Crippen LogP contribution < -0.4 is 10.4 Å². The fourth-order valence-corrected chi connectivity index (χ4v) is 3.51. The van der Waals surface area contributed by atoms with Crippen LogP contribution in [0.2, 0.25) is 0 Å². The van der Waals surface area contributed by atoms with Crippen LogP contribution in [0.5, 0.6) is 0 Å². The van der Waals surface area contributed by atoms with Gasteiger partial charge in [0.1, 0.15) is 11.7 Å². The van der Waals surface area contributed by atoms with Gasteiger partial charge in [0.15, 0.2) is 5.48 Å². The molecule has 5 aliphatic rings. The average molecular weight is 263 g/mol. The van der Waals surface area contributed by atoms with Gasteiger partial charge >= 0.3 is 0 Å². The topological polar surface area (TPSA) is 73.2 Å². The maximum absolute atomic E-state index is 4.60. The Morgan fingerprint density at radius 2 is 2.20 bits per heavy atom. The highest BCUT2D eigenvalue weighted by atomic mass is 15.2. The summed E-state index contributed by atoms with van der Waals surface area (Å²) in [5.74, 6) is 0. The molecule has 0 fully saturated rings. The van der Waals surface area contributed by atoms with Crippen molar-refractivity contribution in [2.24, 2.45) is 0 Å². The minimum Gasteiger partial charge on any atom is -0.296 e. The zero-order valence-corrected chi connectivity index (χ0v) is 10.8. The lowest BCUT2D eigenvalue weighted by atomic mass is 9.91. The fourth-order valence-electron chi connectivity index (χ4n) is 3.51. The Morgan fingerprint density at radius 3 is 3.20 bits per heavy atom. The number of nitrogens with zero attached hydrogens (tertiary/aromatic N) is 2. The number of hydrogen-bond acceptors (Lipinski definition) is 2. The minimum atomic E-state index is 0.779. The predicted octanol–water partition coefficient (Wildman–Crippen LogP) is 0.458. The van der Waals surface area contributed by atoms with E-state index in [2.05, 4.69) is 43.6 Å². The molecular weight excluding hydrogens is 250 g/mol. The van der Waals surface area contributed by atoms with E-state index in [-0.39, 0.29) is 0 Å². The summed E-state index contributed by atoms with van der Waals surface area (Å²) in [6, 6.07) is 0. The molecule has 0 bridgehead atoms. The molecule has 3 aliphatic carbocycles. The van der Waals surface area contributed by atoms with Gasteiger partial charge in [-0.3, -0.25) is 15.3 Å². The zero-order chi connectivity index (χ0) is 13.1. The van der Waals surface area contributed by atoms with Crippen LogP contribution in [0.25, 0.3) is 11.6 Å². The van der Waals surface area contributed by atoms with E-state index in [0.29, 0.717) is 0 Å². The highest BCUT2D eigenvalue weighted by Crippen LogP contribution is 2.32. The number of H-pyrrole nitrogens is 3. The van der Waals surface area contributed by atoms with Gasteiger partial charge in [-0.05, 0) is 24.0 Å². The summed E-state index contributed by atoms with van der Waals surface area (Å²) < 4.78 is 0. The largest absolute Gasteiger partial charge is 0.296 e.